The van der Waals surface area contributed by atoms with Gasteiger partial charge in [0, 0.05) is 23.2 Å². The lowest BCUT2D eigenvalue weighted by Crippen LogP contribution is -2.35. The molecule has 5 heteroatoms. The molecule has 1 amide bonds. The average Bonchev–Trinajstić information content (AvgIpc) is 2.32. The van der Waals surface area contributed by atoms with E-state index in [0.29, 0.717) is 11.6 Å². The molecule has 1 aromatic carbocycles. The van der Waals surface area contributed by atoms with Gasteiger partial charge in [-0.1, -0.05) is 11.6 Å². The molecule has 3 nitrogen and oxygen atoms in total. The molecule has 1 rings (SSSR count). The quantitative estimate of drug-likeness (QED) is 0.902. The van der Waals surface area contributed by atoms with Gasteiger partial charge in [0.25, 0.3) is 0 Å². The molecular formula is C12H16BrClN2O. The van der Waals surface area contributed by atoms with Crippen LogP contribution in [0.5, 0.6) is 0 Å². The molecule has 0 radical (unpaired) electrons. The highest BCUT2D eigenvalue weighted by Crippen LogP contribution is 2.25. The molecule has 17 heavy (non-hydrogen) atoms. The van der Waals surface area contributed by atoms with Crippen molar-refractivity contribution < 1.29 is 4.79 Å². The molecule has 0 aliphatic rings. The van der Waals surface area contributed by atoms with Crippen molar-refractivity contribution in [2.45, 2.75) is 13.8 Å². The van der Waals surface area contributed by atoms with E-state index in [0.717, 1.165) is 23.2 Å². The second-order valence-corrected chi connectivity index (χ2v) is 4.81. The molecule has 0 saturated heterocycles. The van der Waals surface area contributed by atoms with Crippen molar-refractivity contribution in [2.24, 2.45) is 0 Å². The molecular weight excluding hydrogens is 304 g/mol. The number of benzene rings is 1. The number of rotatable bonds is 5. The molecule has 0 atom stereocenters. The Bertz CT molecular complexity index is 394. The number of nitrogens with one attached hydrogen (secondary N) is 1. The largest absolute Gasteiger partial charge is 0.376 e. The van der Waals surface area contributed by atoms with E-state index in [-0.39, 0.29) is 5.91 Å². The zero-order chi connectivity index (χ0) is 12.8. The summed E-state index contributed by atoms with van der Waals surface area (Å²) in [4.78, 5) is 13.5. The second kappa shape index (κ2) is 6.87. The highest BCUT2D eigenvalue weighted by atomic mass is 79.9. The zero-order valence-corrected chi connectivity index (χ0v) is 12.3. The molecule has 0 spiro atoms. The summed E-state index contributed by atoms with van der Waals surface area (Å²) >= 11 is 9.28. The highest BCUT2D eigenvalue weighted by Gasteiger charge is 2.08. The first kappa shape index (κ1) is 14.3. The van der Waals surface area contributed by atoms with Crippen LogP contribution in [-0.2, 0) is 4.79 Å². The van der Waals surface area contributed by atoms with Crippen molar-refractivity contribution >= 4 is 39.1 Å². The Balaban J connectivity index is 2.55. The van der Waals surface area contributed by atoms with E-state index in [1.807, 2.05) is 26.0 Å². The van der Waals surface area contributed by atoms with Gasteiger partial charge < -0.3 is 10.2 Å². The van der Waals surface area contributed by atoms with Crippen molar-refractivity contribution in [1.29, 1.82) is 0 Å². The minimum absolute atomic E-state index is 0.0917. The van der Waals surface area contributed by atoms with Gasteiger partial charge in [-0.05, 0) is 48.0 Å². The lowest BCUT2D eigenvalue weighted by molar-refractivity contribution is -0.128. The lowest BCUT2D eigenvalue weighted by Gasteiger charge is -2.19. The number of nitrogens with zero attached hydrogens (tertiary/aromatic N) is 1. The van der Waals surface area contributed by atoms with E-state index in [1.165, 1.54) is 0 Å². The molecule has 0 heterocycles. The van der Waals surface area contributed by atoms with Crippen molar-refractivity contribution in [3.63, 3.8) is 0 Å². The average molecular weight is 320 g/mol. The highest BCUT2D eigenvalue weighted by molar-refractivity contribution is 9.10. The van der Waals surface area contributed by atoms with Crippen LogP contribution in [-0.4, -0.2) is 30.4 Å². The maximum Gasteiger partial charge on any atom is 0.241 e. The predicted octanol–water partition coefficient (Wildman–Crippen LogP) is 3.38. The topological polar surface area (TPSA) is 32.3 Å². The third-order valence-corrected chi connectivity index (χ3v) is 3.71. The Morgan fingerprint density at radius 3 is 2.59 bits per heavy atom. The fourth-order valence-electron chi connectivity index (χ4n) is 1.47. The van der Waals surface area contributed by atoms with Crippen LogP contribution in [0, 0.1) is 0 Å². The Labute approximate surface area is 115 Å². The molecule has 94 valence electrons. The molecule has 0 unspecified atom stereocenters. The van der Waals surface area contributed by atoms with E-state index >= 15 is 0 Å². The number of hydrogen-bond donors (Lipinski definition) is 1. The van der Waals surface area contributed by atoms with Crippen molar-refractivity contribution in [3.05, 3.63) is 27.7 Å². The van der Waals surface area contributed by atoms with Crippen molar-refractivity contribution in [1.82, 2.24) is 4.90 Å². The van der Waals surface area contributed by atoms with Crippen LogP contribution in [0.3, 0.4) is 0 Å². The van der Waals surface area contributed by atoms with E-state index in [1.54, 1.807) is 11.0 Å². The van der Waals surface area contributed by atoms with E-state index in [9.17, 15) is 4.79 Å². The summed E-state index contributed by atoms with van der Waals surface area (Å²) in [6.45, 7) is 5.70. The van der Waals surface area contributed by atoms with Crippen LogP contribution in [0.1, 0.15) is 13.8 Å². The van der Waals surface area contributed by atoms with Gasteiger partial charge >= 0.3 is 0 Å². The number of hydrogen-bond acceptors (Lipinski definition) is 2. The monoisotopic (exact) mass is 318 g/mol. The van der Waals surface area contributed by atoms with E-state index in [2.05, 4.69) is 21.2 Å². The van der Waals surface area contributed by atoms with Crippen LogP contribution in [0.4, 0.5) is 5.69 Å². The van der Waals surface area contributed by atoms with E-state index < -0.39 is 0 Å². The number of halogens is 2. The van der Waals surface area contributed by atoms with Gasteiger partial charge in [-0.3, -0.25) is 4.79 Å². The zero-order valence-electron chi connectivity index (χ0n) is 9.96. The molecule has 0 aliphatic carbocycles. The standard InChI is InChI=1S/C12H16BrClN2O/c1-3-16(4-2)12(17)8-15-9-5-6-10(13)11(14)7-9/h5-7,15H,3-4,8H2,1-2H3. The van der Waals surface area contributed by atoms with Crippen molar-refractivity contribution in [3.8, 4) is 0 Å². The first-order chi connectivity index (χ1) is 8.08. The molecule has 1 N–H and O–H groups in total. The maximum atomic E-state index is 11.8. The Kier molecular flexibility index (Phi) is 5.78. The van der Waals surface area contributed by atoms with Gasteiger partial charge in [-0.2, -0.15) is 0 Å². The third-order valence-electron chi connectivity index (χ3n) is 2.48. The first-order valence-corrected chi connectivity index (χ1v) is 6.72. The molecule has 0 bridgehead atoms. The van der Waals surface area contributed by atoms with Gasteiger partial charge in [0.05, 0.1) is 11.6 Å². The third kappa shape index (κ3) is 4.21. The summed E-state index contributed by atoms with van der Waals surface area (Å²) in [5.41, 5.74) is 0.846. The van der Waals surface area contributed by atoms with Crippen LogP contribution in [0.15, 0.2) is 22.7 Å². The van der Waals surface area contributed by atoms with Gasteiger partial charge in [-0.15, -0.1) is 0 Å². The van der Waals surface area contributed by atoms with Gasteiger partial charge in [0.1, 0.15) is 0 Å². The number of carbonyl (C=O) groups excluding carboxylic acids is 1. The van der Waals surface area contributed by atoms with Crippen LogP contribution < -0.4 is 5.32 Å². The maximum absolute atomic E-state index is 11.8. The van der Waals surface area contributed by atoms with Crippen LogP contribution in [0.25, 0.3) is 0 Å². The van der Waals surface area contributed by atoms with Crippen LogP contribution >= 0.6 is 27.5 Å². The van der Waals surface area contributed by atoms with Gasteiger partial charge in [0.2, 0.25) is 5.91 Å². The molecule has 0 fully saturated rings. The Morgan fingerprint density at radius 2 is 2.06 bits per heavy atom. The molecule has 0 aliphatic heterocycles. The SMILES string of the molecule is CCN(CC)C(=O)CNc1ccc(Br)c(Cl)c1. The first-order valence-electron chi connectivity index (χ1n) is 5.55. The second-order valence-electron chi connectivity index (χ2n) is 3.55. The summed E-state index contributed by atoms with van der Waals surface area (Å²) in [6.07, 6.45) is 0. The minimum atomic E-state index is 0.0917. The minimum Gasteiger partial charge on any atom is -0.376 e. The summed E-state index contributed by atoms with van der Waals surface area (Å²) in [7, 11) is 0. The van der Waals surface area contributed by atoms with Crippen molar-refractivity contribution in [2.75, 3.05) is 25.0 Å². The molecule has 1 aromatic rings. The van der Waals surface area contributed by atoms with Gasteiger partial charge in [0.15, 0.2) is 0 Å². The summed E-state index contributed by atoms with van der Waals surface area (Å²) in [6, 6.07) is 5.53. The number of carbonyl (C=O) groups is 1. The fourth-order valence-corrected chi connectivity index (χ4v) is 1.90. The fraction of sp³-hybridized carbons (Fsp3) is 0.417. The van der Waals surface area contributed by atoms with Gasteiger partial charge in [-0.25, -0.2) is 0 Å². The smallest absolute Gasteiger partial charge is 0.241 e. The molecule has 0 saturated carbocycles. The summed E-state index contributed by atoms with van der Waals surface area (Å²) in [5, 5.41) is 3.69. The van der Waals surface area contributed by atoms with E-state index in [4.69, 9.17) is 11.6 Å². The summed E-state index contributed by atoms with van der Waals surface area (Å²) in [5.74, 6) is 0.0917. The normalized spacial score (nSPS) is 10.1. The molecule has 0 aromatic heterocycles. The Hall–Kier alpha value is -0.740. The number of likely N-dealkylation sites (N-methyl/N-ethyl adjacent to an activating group) is 1. The Morgan fingerprint density at radius 1 is 1.41 bits per heavy atom. The number of amides is 1. The lowest BCUT2D eigenvalue weighted by atomic mass is 10.3. The predicted molar refractivity (Wildman–Crippen MR) is 75.6 cm³/mol. The van der Waals surface area contributed by atoms with Crippen LogP contribution in [0.2, 0.25) is 5.02 Å². The number of anilines is 1. The summed E-state index contributed by atoms with van der Waals surface area (Å²) < 4.78 is 0.847.